The van der Waals surface area contributed by atoms with Crippen LogP contribution >= 0.6 is 0 Å². The highest BCUT2D eigenvalue weighted by Gasteiger charge is 2.18. The number of anilines is 1. The van der Waals surface area contributed by atoms with Crippen molar-refractivity contribution in [3.63, 3.8) is 0 Å². The molecule has 0 unspecified atom stereocenters. The van der Waals surface area contributed by atoms with Gasteiger partial charge in [0.2, 0.25) is 0 Å². The lowest BCUT2D eigenvalue weighted by Gasteiger charge is -2.10. The van der Waals surface area contributed by atoms with Crippen LogP contribution in [0.15, 0.2) is 76.6 Å². The lowest BCUT2D eigenvalue weighted by molar-refractivity contribution is 0.100. The summed E-state index contributed by atoms with van der Waals surface area (Å²) in [7, 11) is 1.81. The molecule has 198 valence electrons. The number of hydrogen-bond acceptors (Lipinski definition) is 9. The lowest BCUT2D eigenvalue weighted by atomic mass is 10.1. The van der Waals surface area contributed by atoms with Crippen LogP contribution in [0, 0.1) is 11.8 Å². The smallest absolute Gasteiger partial charge is 0.272 e. The normalized spacial score (nSPS) is 10.6. The number of nitrogens with zero attached hydrogens (tertiary/aromatic N) is 7. The number of nitrogens with two attached hydrogens (primary N) is 2. The Bertz CT molecular complexity index is 1980. The molecule has 0 radical (unpaired) electrons. The Kier molecular flexibility index (Phi) is 7.02. The van der Waals surface area contributed by atoms with Crippen molar-refractivity contribution in [2.75, 3.05) is 5.73 Å². The molecule has 40 heavy (non-hydrogen) atoms. The molecule has 6 rings (SSSR count). The molecule has 1 aromatic carbocycles. The van der Waals surface area contributed by atoms with Crippen LogP contribution in [-0.4, -0.2) is 40.4 Å². The highest BCUT2D eigenvalue weighted by atomic mass is 16.5. The SMILES string of the molecule is CCc1nc2onc(C#Cc3cnn(C)c3)c2c(=O)n1-c1ccccc1.NC(=O)c1c(N)ncc2cccnc12. The van der Waals surface area contributed by atoms with Gasteiger partial charge in [-0.1, -0.05) is 36.2 Å². The summed E-state index contributed by atoms with van der Waals surface area (Å²) < 4.78 is 8.49. The maximum Gasteiger partial charge on any atom is 0.272 e. The number of nitrogen functional groups attached to an aromatic ring is 1. The zero-order chi connectivity index (χ0) is 28.2. The number of hydrogen-bond donors (Lipinski definition) is 2. The molecule has 12 heteroatoms. The second kappa shape index (κ2) is 10.9. The minimum atomic E-state index is -0.612. The van der Waals surface area contributed by atoms with Crippen LogP contribution in [0.2, 0.25) is 0 Å². The number of amides is 1. The van der Waals surface area contributed by atoms with Crippen LogP contribution in [0.4, 0.5) is 5.82 Å². The first-order valence-corrected chi connectivity index (χ1v) is 12.1. The van der Waals surface area contributed by atoms with Crippen LogP contribution in [0.3, 0.4) is 0 Å². The summed E-state index contributed by atoms with van der Waals surface area (Å²) in [5.41, 5.74) is 13.1. The van der Waals surface area contributed by atoms with E-state index in [1.54, 1.807) is 46.2 Å². The Labute approximate surface area is 227 Å². The highest BCUT2D eigenvalue weighted by molar-refractivity contribution is 6.08. The Hall–Kier alpha value is -5.83. The van der Waals surface area contributed by atoms with E-state index in [-0.39, 0.29) is 33.7 Å². The standard InChI is InChI=1S/C19H15N5O2.C9H8N4O/c1-3-16-21-18-17(19(25)24(16)14-7-5-4-6-8-14)15(22-26-18)10-9-13-11-20-23(2)12-13;10-8-6(9(11)14)7-5(4-13-8)2-1-3-12-7/h4-8,11-12H,3H2,1-2H3;1-4H,(H2,10,13)(H2,11,14). The maximum atomic E-state index is 13.1. The fourth-order valence-corrected chi connectivity index (χ4v) is 4.03. The number of rotatable bonds is 3. The molecule has 5 heterocycles. The van der Waals surface area contributed by atoms with Crippen LogP contribution in [0.5, 0.6) is 0 Å². The van der Waals surface area contributed by atoms with Crippen molar-refractivity contribution in [1.29, 1.82) is 0 Å². The number of fused-ring (bicyclic) bond motifs is 2. The van der Waals surface area contributed by atoms with Crippen LogP contribution in [-0.2, 0) is 13.5 Å². The van der Waals surface area contributed by atoms with Gasteiger partial charge in [-0.15, -0.1) is 0 Å². The van der Waals surface area contributed by atoms with Gasteiger partial charge in [-0.05, 0) is 30.2 Å². The Balaban J connectivity index is 0.000000194. The summed E-state index contributed by atoms with van der Waals surface area (Å²) in [4.78, 5) is 36.6. The van der Waals surface area contributed by atoms with E-state index in [0.29, 0.717) is 17.8 Å². The third-order valence-electron chi connectivity index (χ3n) is 5.86. The molecule has 6 aromatic rings. The van der Waals surface area contributed by atoms with Crippen molar-refractivity contribution < 1.29 is 9.32 Å². The van der Waals surface area contributed by atoms with E-state index >= 15 is 0 Å². The van der Waals surface area contributed by atoms with Gasteiger partial charge in [0, 0.05) is 37.4 Å². The number of aromatic nitrogens is 7. The van der Waals surface area contributed by atoms with Gasteiger partial charge in [-0.3, -0.25) is 23.8 Å². The van der Waals surface area contributed by atoms with Gasteiger partial charge in [0.05, 0.1) is 23.0 Å². The van der Waals surface area contributed by atoms with E-state index in [1.807, 2.05) is 44.3 Å². The Morgan fingerprint density at radius 2 is 1.88 bits per heavy atom. The Morgan fingerprint density at radius 3 is 2.58 bits per heavy atom. The van der Waals surface area contributed by atoms with Crippen LogP contribution in [0.25, 0.3) is 27.7 Å². The number of pyridine rings is 2. The van der Waals surface area contributed by atoms with E-state index in [2.05, 4.69) is 37.0 Å². The molecule has 0 aliphatic heterocycles. The summed E-state index contributed by atoms with van der Waals surface area (Å²) >= 11 is 0. The summed E-state index contributed by atoms with van der Waals surface area (Å²) in [6.45, 7) is 1.94. The van der Waals surface area contributed by atoms with Gasteiger partial charge in [-0.2, -0.15) is 10.1 Å². The quantitative estimate of drug-likeness (QED) is 0.324. The molecule has 4 N–H and O–H groups in total. The van der Waals surface area contributed by atoms with Gasteiger partial charge < -0.3 is 16.0 Å². The van der Waals surface area contributed by atoms with Gasteiger partial charge in [0.1, 0.15) is 22.6 Å². The zero-order valence-corrected chi connectivity index (χ0v) is 21.6. The average molecular weight is 534 g/mol. The van der Waals surface area contributed by atoms with Crippen LogP contribution < -0.4 is 17.0 Å². The first-order chi connectivity index (χ1) is 19.4. The molecule has 0 saturated carbocycles. The lowest BCUT2D eigenvalue weighted by Crippen LogP contribution is -2.23. The predicted molar refractivity (Wildman–Crippen MR) is 148 cm³/mol. The number of para-hydroxylation sites is 1. The second-order valence-electron chi connectivity index (χ2n) is 8.55. The first kappa shape index (κ1) is 25.8. The largest absolute Gasteiger partial charge is 0.383 e. The highest BCUT2D eigenvalue weighted by Crippen LogP contribution is 2.19. The molecule has 0 spiro atoms. The second-order valence-corrected chi connectivity index (χ2v) is 8.55. The number of aryl methyl sites for hydroxylation is 2. The summed E-state index contributed by atoms with van der Waals surface area (Å²) in [5.74, 6) is 5.95. The molecule has 0 aliphatic rings. The fraction of sp³-hybridized carbons (Fsp3) is 0.107. The zero-order valence-electron chi connectivity index (χ0n) is 21.6. The van der Waals surface area contributed by atoms with E-state index in [0.717, 1.165) is 16.6 Å². The van der Waals surface area contributed by atoms with Crippen molar-refractivity contribution in [3.8, 4) is 17.5 Å². The molecule has 1 amide bonds. The monoisotopic (exact) mass is 533 g/mol. The average Bonchev–Trinajstić information content (AvgIpc) is 3.57. The third kappa shape index (κ3) is 4.99. The molecular formula is C28H23N9O3. The topological polar surface area (TPSA) is 174 Å². The van der Waals surface area contributed by atoms with Gasteiger partial charge >= 0.3 is 0 Å². The third-order valence-corrected chi connectivity index (χ3v) is 5.86. The summed E-state index contributed by atoms with van der Waals surface area (Å²) in [6.07, 6.45) is 7.14. The fourth-order valence-electron chi connectivity index (χ4n) is 4.03. The van der Waals surface area contributed by atoms with Crippen molar-refractivity contribution in [2.45, 2.75) is 13.3 Å². The van der Waals surface area contributed by atoms with E-state index in [4.69, 9.17) is 16.0 Å². The van der Waals surface area contributed by atoms with E-state index < -0.39 is 5.91 Å². The number of carbonyl (C=O) groups excluding carboxylic acids is 1. The molecule has 0 aliphatic carbocycles. The van der Waals surface area contributed by atoms with Crippen molar-refractivity contribution >= 4 is 33.7 Å². The predicted octanol–water partition coefficient (Wildman–Crippen LogP) is 2.38. The summed E-state index contributed by atoms with van der Waals surface area (Å²) in [6, 6.07) is 12.9. The first-order valence-electron chi connectivity index (χ1n) is 12.1. The van der Waals surface area contributed by atoms with Gasteiger partial charge in [0.25, 0.3) is 17.2 Å². The van der Waals surface area contributed by atoms with Gasteiger partial charge in [-0.25, -0.2) is 4.98 Å². The van der Waals surface area contributed by atoms with E-state index in [9.17, 15) is 9.59 Å². The number of benzene rings is 1. The molecule has 0 atom stereocenters. The Morgan fingerprint density at radius 1 is 1.07 bits per heavy atom. The molecule has 0 bridgehead atoms. The molecule has 0 saturated heterocycles. The molecular weight excluding hydrogens is 510 g/mol. The molecule has 5 aromatic heterocycles. The van der Waals surface area contributed by atoms with Gasteiger partial charge in [0.15, 0.2) is 5.69 Å². The van der Waals surface area contributed by atoms with Crippen molar-refractivity contribution in [2.24, 2.45) is 12.8 Å². The molecule has 12 nitrogen and oxygen atoms in total. The number of carbonyl (C=O) groups is 1. The van der Waals surface area contributed by atoms with Crippen molar-refractivity contribution in [1.82, 2.24) is 34.5 Å². The molecule has 0 fully saturated rings. The maximum absolute atomic E-state index is 13.1. The minimum absolute atomic E-state index is 0.115. The van der Waals surface area contributed by atoms with E-state index in [1.165, 1.54) is 0 Å². The van der Waals surface area contributed by atoms with Crippen molar-refractivity contribution in [3.05, 3.63) is 100 Å². The summed E-state index contributed by atoms with van der Waals surface area (Å²) in [5, 5.41) is 9.03. The van der Waals surface area contributed by atoms with Crippen LogP contribution in [0.1, 0.15) is 34.4 Å². The number of primary amides is 1. The minimum Gasteiger partial charge on any atom is -0.383 e.